The minimum Gasteiger partial charge on any atom is -0.507 e. The van der Waals surface area contributed by atoms with E-state index in [9.17, 15) is 24.9 Å². The molecule has 4 aromatic carbocycles. The summed E-state index contributed by atoms with van der Waals surface area (Å²) >= 11 is 0. The SMILES string of the molecule is CCN(CC)C(=O)COc1c2cc(C(C)(C)C)cc1Cc1cc(C(C)(C)C)cc(c1O)Cc1cc(C(C)(C)C)cc(c1OCC(=O)O)Cc1cc(C(C)(C)C)cc(c1O)C2. The summed E-state index contributed by atoms with van der Waals surface area (Å²) in [5, 5.41) is 34.7. The molecule has 0 unspecified atom stereocenters. The van der Waals surface area contributed by atoms with Crippen molar-refractivity contribution < 1.29 is 34.4 Å². The van der Waals surface area contributed by atoms with Gasteiger partial charge in [-0.2, -0.15) is 0 Å². The number of amides is 1. The van der Waals surface area contributed by atoms with Gasteiger partial charge in [0.25, 0.3) is 5.91 Å². The van der Waals surface area contributed by atoms with Crippen LogP contribution in [-0.2, 0) is 56.9 Å². The van der Waals surface area contributed by atoms with Gasteiger partial charge in [-0.15, -0.1) is 0 Å². The Morgan fingerprint density at radius 1 is 0.483 bits per heavy atom. The van der Waals surface area contributed by atoms with Crippen LogP contribution in [0.4, 0.5) is 0 Å². The van der Waals surface area contributed by atoms with E-state index in [1.165, 1.54) is 0 Å². The molecule has 1 aliphatic rings. The van der Waals surface area contributed by atoms with E-state index in [2.05, 4.69) is 132 Å². The number of carboxylic acid groups (broad SMARTS) is 1. The lowest BCUT2D eigenvalue weighted by atomic mass is 9.79. The number of nitrogens with zero attached hydrogens (tertiary/aromatic N) is 1. The normalized spacial score (nSPS) is 13.5. The van der Waals surface area contributed by atoms with Crippen LogP contribution < -0.4 is 9.47 Å². The number of carboxylic acids is 1. The molecule has 8 nitrogen and oxygen atoms in total. The number of aromatic hydroxyl groups is 2. The van der Waals surface area contributed by atoms with Crippen molar-refractivity contribution in [1.82, 2.24) is 4.90 Å². The molecule has 0 atom stereocenters. The average Bonchev–Trinajstić information content (AvgIpc) is 3.12. The van der Waals surface area contributed by atoms with E-state index in [0.29, 0.717) is 59.7 Å². The van der Waals surface area contributed by atoms with Crippen LogP contribution in [0.1, 0.15) is 164 Å². The quantitative estimate of drug-likeness (QED) is 0.143. The van der Waals surface area contributed by atoms with E-state index < -0.39 is 12.6 Å². The number of phenolic OH excluding ortho intramolecular Hbond substituents is 2. The average molecular weight is 820 g/mol. The lowest BCUT2D eigenvalue weighted by Crippen LogP contribution is -2.34. The third-order valence-electron chi connectivity index (χ3n) is 11.8. The van der Waals surface area contributed by atoms with E-state index in [4.69, 9.17) is 9.47 Å². The molecule has 0 radical (unpaired) electrons. The first kappa shape index (κ1) is 46.1. The van der Waals surface area contributed by atoms with Crippen molar-refractivity contribution in [3.8, 4) is 23.0 Å². The molecule has 0 aliphatic heterocycles. The van der Waals surface area contributed by atoms with Gasteiger partial charge >= 0.3 is 5.97 Å². The predicted molar refractivity (Wildman–Crippen MR) is 242 cm³/mol. The summed E-state index contributed by atoms with van der Waals surface area (Å²) in [4.78, 5) is 27.3. The van der Waals surface area contributed by atoms with Crippen molar-refractivity contribution in [2.24, 2.45) is 0 Å². The highest BCUT2D eigenvalue weighted by Gasteiger charge is 2.29. The number of rotatable bonds is 8. The molecule has 1 aliphatic carbocycles. The standard InChI is InChI=1S/C52H69NO7/c1-15-53(16-2)43(54)29-59-47-35-17-31-21-39(49(3,4)5)23-33(45(31)57)19-37-27-42(52(12,13)14)28-38(48(37)60-30-44(55)56)20-34-24-40(50(6,7)8)22-32(46(34)58)18-36(47)26-41(25-35)51(9,10)11/h21-28,57-58H,15-20,29-30H2,1-14H3,(H,55,56). The van der Waals surface area contributed by atoms with Crippen molar-refractivity contribution in [3.63, 3.8) is 0 Å². The van der Waals surface area contributed by atoms with Gasteiger partial charge in [-0.25, -0.2) is 4.79 Å². The Balaban J connectivity index is 1.94. The summed E-state index contributed by atoms with van der Waals surface area (Å²) in [6.45, 7) is 30.2. The zero-order valence-corrected chi connectivity index (χ0v) is 38.7. The molecule has 1 amide bonds. The number of ether oxygens (including phenoxy) is 2. The monoisotopic (exact) mass is 820 g/mol. The van der Waals surface area contributed by atoms with E-state index in [1.54, 1.807) is 4.90 Å². The van der Waals surface area contributed by atoms with E-state index in [1.807, 2.05) is 13.8 Å². The second kappa shape index (κ2) is 17.2. The number of likely N-dealkylation sites (N-methyl/N-ethyl adjacent to an activating group) is 1. The number of fused-ring (bicyclic) bond motifs is 8. The third kappa shape index (κ3) is 10.5. The summed E-state index contributed by atoms with van der Waals surface area (Å²) in [6, 6.07) is 16.7. The third-order valence-corrected chi connectivity index (χ3v) is 11.8. The van der Waals surface area contributed by atoms with E-state index in [-0.39, 0.29) is 58.5 Å². The molecule has 4 aromatic rings. The van der Waals surface area contributed by atoms with Gasteiger partial charge in [-0.3, -0.25) is 4.79 Å². The van der Waals surface area contributed by atoms with Crippen LogP contribution in [0.15, 0.2) is 48.5 Å². The predicted octanol–water partition coefficient (Wildman–Crippen LogP) is 10.7. The van der Waals surface area contributed by atoms with Crippen LogP contribution in [0.25, 0.3) is 0 Å². The van der Waals surface area contributed by atoms with Gasteiger partial charge in [0.15, 0.2) is 13.2 Å². The van der Waals surface area contributed by atoms with Crippen LogP contribution >= 0.6 is 0 Å². The van der Waals surface area contributed by atoms with Crippen LogP contribution in [-0.4, -0.2) is 58.4 Å². The fourth-order valence-electron chi connectivity index (χ4n) is 7.95. The zero-order chi connectivity index (χ0) is 44.7. The Hall–Kier alpha value is -4.98. The van der Waals surface area contributed by atoms with Gasteiger partial charge in [0.1, 0.15) is 23.0 Å². The zero-order valence-electron chi connectivity index (χ0n) is 38.7. The maximum absolute atomic E-state index is 13.5. The molecular formula is C52H69NO7. The summed E-state index contributed by atoms with van der Waals surface area (Å²) in [6.07, 6.45) is 1.15. The van der Waals surface area contributed by atoms with Crippen molar-refractivity contribution in [1.29, 1.82) is 0 Å². The Labute approximate surface area is 359 Å². The number of carbonyl (C=O) groups is 2. The molecule has 324 valence electrons. The summed E-state index contributed by atoms with van der Waals surface area (Å²) in [5.41, 5.74) is 9.02. The number of benzene rings is 4. The van der Waals surface area contributed by atoms with Crippen molar-refractivity contribution in [2.75, 3.05) is 26.3 Å². The number of phenols is 2. The smallest absolute Gasteiger partial charge is 0.341 e. The van der Waals surface area contributed by atoms with Crippen molar-refractivity contribution in [2.45, 2.75) is 144 Å². The second-order valence-corrected chi connectivity index (χ2v) is 20.8. The molecule has 8 bridgehead atoms. The number of carbonyl (C=O) groups excluding carboxylic acids is 1. The molecular weight excluding hydrogens is 751 g/mol. The van der Waals surface area contributed by atoms with Gasteiger partial charge < -0.3 is 29.7 Å². The van der Waals surface area contributed by atoms with Crippen LogP contribution in [0.2, 0.25) is 0 Å². The van der Waals surface area contributed by atoms with E-state index in [0.717, 1.165) is 44.5 Å². The highest BCUT2D eigenvalue weighted by molar-refractivity contribution is 5.78. The lowest BCUT2D eigenvalue weighted by molar-refractivity contribution is -0.139. The minimum absolute atomic E-state index is 0.115. The molecule has 3 N–H and O–H groups in total. The molecule has 0 spiro atoms. The Kier molecular flexibility index (Phi) is 13.2. The molecule has 8 heteroatoms. The van der Waals surface area contributed by atoms with Crippen LogP contribution in [0.5, 0.6) is 23.0 Å². The highest BCUT2D eigenvalue weighted by Crippen LogP contribution is 2.43. The minimum atomic E-state index is -1.10. The molecule has 0 saturated heterocycles. The molecule has 0 aromatic heterocycles. The lowest BCUT2D eigenvalue weighted by Gasteiger charge is -2.28. The maximum atomic E-state index is 13.5. The summed E-state index contributed by atoms with van der Waals surface area (Å²) in [5.74, 6) is 0.0938. The maximum Gasteiger partial charge on any atom is 0.341 e. The summed E-state index contributed by atoms with van der Waals surface area (Å²) < 4.78 is 12.9. The summed E-state index contributed by atoms with van der Waals surface area (Å²) in [7, 11) is 0. The fourth-order valence-corrected chi connectivity index (χ4v) is 7.95. The first-order valence-corrected chi connectivity index (χ1v) is 21.5. The van der Waals surface area contributed by atoms with E-state index >= 15 is 0 Å². The molecule has 5 rings (SSSR count). The molecule has 60 heavy (non-hydrogen) atoms. The molecule has 0 fully saturated rings. The molecule has 0 saturated carbocycles. The highest BCUT2D eigenvalue weighted by atomic mass is 16.5. The Morgan fingerprint density at radius 3 is 0.967 bits per heavy atom. The number of hydrogen-bond donors (Lipinski definition) is 3. The van der Waals surface area contributed by atoms with Crippen LogP contribution in [0.3, 0.4) is 0 Å². The van der Waals surface area contributed by atoms with Gasteiger partial charge in [0.2, 0.25) is 0 Å². The van der Waals surface area contributed by atoms with Gasteiger partial charge in [0.05, 0.1) is 0 Å². The van der Waals surface area contributed by atoms with Crippen LogP contribution in [0, 0.1) is 0 Å². The van der Waals surface area contributed by atoms with Gasteiger partial charge in [0, 0.05) is 38.8 Å². The first-order valence-electron chi connectivity index (χ1n) is 21.5. The fraction of sp³-hybridized carbons (Fsp3) is 0.500. The number of aliphatic carboxylic acids is 1. The Morgan fingerprint density at radius 2 is 0.733 bits per heavy atom. The topological polar surface area (TPSA) is 117 Å². The number of hydrogen-bond acceptors (Lipinski definition) is 6. The Bertz CT molecular complexity index is 2130. The van der Waals surface area contributed by atoms with Crippen molar-refractivity contribution >= 4 is 11.9 Å². The van der Waals surface area contributed by atoms with Gasteiger partial charge in [-0.1, -0.05) is 132 Å². The molecule has 0 heterocycles. The van der Waals surface area contributed by atoms with Crippen molar-refractivity contribution in [3.05, 3.63) is 115 Å². The largest absolute Gasteiger partial charge is 0.507 e. The second-order valence-electron chi connectivity index (χ2n) is 20.8. The first-order chi connectivity index (χ1) is 27.7. The van der Waals surface area contributed by atoms with Gasteiger partial charge in [-0.05, 0) is 102 Å².